The van der Waals surface area contributed by atoms with Gasteiger partial charge >= 0.3 is 0 Å². The Bertz CT molecular complexity index is 2190. The van der Waals surface area contributed by atoms with E-state index in [1.165, 1.54) is 38.4 Å². The molecule has 3 heterocycles. The van der Waals surface area contributed by atoms with Crippen molar-refractivity contribution in [2.75, 3.05) is 0 Å². The van der Waals surface area contributed by atoms with Crippen molar-refractivity contribution in [1.29, 1.82) is 0 Å². The van der Waals surface area contributed by atoms with Gasteiger partial charge < -0.3 is 14.4 Å². The molecule has 0 N–H and O–H groups in total. The van der Waals surface area contributed by atoms with E-state index in [-0.39, 0.29) is 20.1 Å². The Balaban J connectivity index is 0.000000207. The molecule has 8 aromatic rings. The molecule has 0 aliphatic heterocycles. The van der Waals surface area contributed by atoms with Gasteiger partial charge in [-0.1, -0.05) is 84.8 Å². The Labute approximate surface area is 270 Å². The van der Waals surface area contributed by atoms with Gasteiger partial charge in [0.15, 0.2) is 0 Å². The first-order valence-electron chi connectivity index (χ1n) is 14.3. The van der Waals surface area contributed by atoms with Crippen LogP contribution in [0.4, 0.5) is 0 Å². The molecule has 0 fully saturated rings. The molecule has 0 saturated carbocycles. The Morgan fingerprint density at radius 2 is 1.41 bits per heavy atom. The minimum atomic E-state index is 0. The van der Waals surface area contributed by atoms with Crippen LogP contribution in [0.3, 0.4) is 0 Å². The van der Waals surface area contributed by atoms with E-state index in [9.17, 15) is 0 Å². The first-order valence-corrected chi connectivity index (χ1v) is 14.3. The van der Waals surface area contributed by atoms with Crippen molar-refractivity contribution in [3.63, 3.8) is 0 Å². The molecule has 3 aromatic heterocycles. The summed E-state index contributed by atoms with van der Waals surface area (Å²) in [6, 6.07) is 47.7. The summed E-state index contributed by atoms with van der Waals surface area (Å²) >= 11 is 0. The summed E-state index contributed by atoms with van der Waals surface area (Å²) in [5.74, 6) is 0. The van der Waals surface area contributed by atoms with Gasteiger partial charge in [0.2, 0.25) is 0 Å². The third kappa shape index (κ3) is 5.70. The summed E-state index contributed by atoms with van der Waals surface area (Å²) in [6.07, 6.45) is 3.69. The number of nitrogens with zero attached hydrogens (tertiary/aromatic N) is 2. The molecule has 0 unspecified atom stereocenters. The largest absolute Gasteiger partial charge is 0.456 e. The van der Waals surface area contributed by atoms with E-state index in [0.717, 1.165) is 39.1 Å². The molecule has 0 amide bonds. The molecule has 1 radical (unpaired) electrons. The smallest absolute Gasteiger partial charge is 0.136 e. The minimum Gasteiger partial charge on any atom is -0.456 e. The zero-order chi connectivity index (χ0) is 29.2. The van der Waals surface area contributed by atoms with Crippen LogP contribution in [0.2, 0.25) is 0 Å². The third-order valence-electron chi connectivity index (χ3n) is 7.68. The van der Waals surface area contributed by atoms with E-state index in [4.69, 9.17) is 4.42 Å². The van der Waals surface area contributed by atoms with Gasteiger partial charge in [-0.3, -0.25) is 0 Å². The van der Waals surface area contributed by atoms with Gasteiger partial charge in [-0.15, -0.1) is 65.2 Å². The van der Waals surface area contributed by atoms with Crippen LogP contribution in [0.1, 0.15) is 11.1 Å². The Hall–Kier alpha value is -4.89. The standard InChI is InChI=1S/C28H18NO.C12H10N.Ir/c1-18-17-19(25-10-4-5-16-29-25)12-13-20(18)21-8-6-9-23-22(21)14-15-27-28(23)24-7-2-3-11-26(24)30-27;1-10-7-8-12(13-9-10)11-5-3-2-4-6-11;/h2-11,13-17H,1H3;2-5,7-9H,1H3;/q2*-1;. The quantitative estimate of drug-likeness (QED) is 0.169. The summed E-state index contributed by atoms with van der Waals surface area (Å²) in [5, 5.41) is 4.77. The molecule has 4 heteroatoms. The molecule has 0 atom stereocenters. The fraction of sp³-hybridized carbons (Fsp3) is 0.0500. The van der Waals surface area contributed by atoms with Crippen molar-refractivity contribution >= 4 is 32.7 Å². The molecule has 5 aromatic carbocycles. The van der Waals surface area contributed by atoms with Crippen molar-refractivity contribution in [2.24, 2.45) is 0 Å². The SMILES string of the molecule is Cc1cc(-c2ccccn2)[c-]cc1-c1cccc2c1ccc1oc3ccccc3c12.Cc1ccc(-c2[c-]cccc2)nc1.[Ir]. The van der Waals surface area contributed by atoms with E-state index in [2.05, 4.69) is 89.7 Å². The van der Waals surface area contributed by atoms with Crippen LogP contribution in [0.5, 0.6) is 0 Å². The Kier molecular flexibility index (Phi) is 8.47. The second kappa shape index (κ2) is 12.8. The predicted molar refractivity (Wildman–Crippen MR) is 177 cm³/mol. The van der Waals surface area contributed by atoms with Crippen molar-refractivity contribution < 1.29 is 24.5 Å². The zero-order valence-corrected chi connectivity index (χ0v) is 26.7. The molecule has 8 rings (SSSR count). The number of hydrogen-bond acceptors (Lipinski definition) is 3. The average Bonchev–Trinajstić information content (AvgIpc) is 3.45. The molecule has 3 nitrogen and oxygen atoms in total. The van der Waals surface area contributed by atoms with Crippen LogP contribution in [-0.4, -0.2) is 9.97 Å². The fourth-order valence-corrected chi connectivity index (χ4v) is 5.56. The number of aromatic nitrogens is 2. The number of para-hydroxylation sites is 1. The first kappa shape index (κ1) is 29.2. The number of aryl methyl sites for hydroxylation is 2. The third-order valence-corrected chi connectivity index (χ3v) is 7.68. The maximum absolute atomic E-state index is 6.08. The van der Waals surface area contributed by atoms with Gasteiger partial charge in [-0.2, -0.15) is 0 Å². The van der Waals surface area contributed by atoms with Crippen molar-refractivity contribution in [3.8, 4) is 33.6 Å². The molecule has 0 bridgehead atoms. The van der Waals surface area contributed by atoms with E-state index >= 15 is 0 Å². The van der Waals surface area contributed by atoms with Gasteiger partial charge in [-0.05, 0) is 52.8 Å². The van der Waals surface area contributed by atoms with E-state index < -0.39 is 0 Å². The number of hydrogen-bond donors (Lipinski definition) is 0. The number of fused-ring (bicyclic) bond motifs is 5. The normalized spacial score (nSPS) is 10.8. The molecule has 0 aliphatic carbocycles. The van der Waals surface area contributed by atoms with Gasteiger partial charge in [0, 0.05) is 43.3 Å². The summed E-state index contributed by atoms with van der Waals surface area (Å²) in [6.45, 7) is 4.19. The van der Waals surface area contributed by atoms with Crippen molar-refractivity contribution in [1.82, 2.24) is 9.97 Å². The Morgan fingerprint density at radius 1 is 0.591 bits per heavy atom. The van der Waals surface area contributed by atoms with Gasteiger partial charge in [0.25, 0.3) is 0 Å². The van der Waals surface area contributed by atoms with Crippen molar-refractivity contribution in [2.45, 2.75) is 13.8 Å². The number of furan rings is 1. The summed E-state index contributed by atoms with van der Waals surface area (Å²) in [4.78, 5) is 8.78. The van der Waals surface area contributed by atoms with E-state index in [1.807, 2.05) is 80.0 Å². The van der Waals surface area contributed by atoms with Crippen LogP contribution in [-0.2, 0) is 20.1 Å². The maximum Gasteiger partial charge on any atom is 0.136 e. The predicted octanol–water partition coefficient (Wildman–Crippen LogP) is 10.4. The number of pyridine rings is 2. The molecule has 0 spiro atoms. The first-order chi connectivity index (χ1) is 21.2. The summed E-state index contributed by atoms with van der Waals surface area (Å²) < 4.78 is 6.08. The number of rotatable bonds is 3. The second-order valence-electron chi connectivity index (χ2n) is 10.6. The second-order valence-corrected chi connectivity index (χ2v) is 10.6. The molecular weight excluding hydrogens is 717 g/mol. The minimum absolute atomic E-state index is 0. The van der Waals surface area contributed by atoms with Gasteiger partial charge in [-0.25, -0.2) is 0 Å². The average molecular weight is 745 g/mol. The Morgan fingerprint density at radius 3 is 2.18 bits per heavy atom. The molecule has 0 saturated heterocycles. The van der Waals surface area contributed by atoms with Crippen LogP contribution in [0.25, 0.3) is 66.4 Å². The molecular formula is C40H28IrN2O-2. The summed E-state index contributed by atoms with van der Waals surface area (Å²) in [7, 11) is 0. The van der Waals surface area contributed by atoms with Crippen molar-refractivity contribution in [3.05, 3.63) is 157 Å². The van der Waals surface area contributed by atoms with E-state index in [0.29, 0.717) is 0 Å². The van der Waals surface area contributed by atoms with Crippen LogP contribution in [0.15, 0.2) is 138 Å². The van der Waals surface area contributed by atoms with Crippen LogP contribution >= 0.6 is 0 Å². The van der Waals surface area contributed by atoms with Crippen LogP contribution in [0, 0.1) is 26.0 Å². The van der Waals surface area contributed by atoms with Gasteiger partial charge in [0.05, 0.1) is 0 Å². The fourth-order valence-electron chi connectivity index (χ4n) is 5.56. The summed E-state index contributed by atoms with van der Waals surface area (Å²) in [5.41, 5.74) is 10.6. The molecule has 0 aliphatic rings. The van der Waals surface area contributed by atoms with Crippen LogP contribution < -0.4 is 0 Å². The molecule has 215 valence electrons. The topological polar surface area (TPSA) is 38.9 Å². The van der Waals surface area contributed by atoms with E-state index in [1.54, 1.807) is 0 Å². The molecule has 44 heavy (non-hydrogen) atoms. The monoisotopic (exact) mass is 745 g/mol. The maximum atomic E-state index is 6.08. The number of benzene rings is 5. The van der Waals surface area contributed by atoms with Gasteiger partial charge in [0.1, 0.15) is 11.2 Å². The zero-order valence-electron chi connectivity index (χ0n) is 24.3.